The van der Waals surface area contributed by atoms with Crippen LogP contribution in [0.1, 0.15) is 22.8 Å². The molecule has 0 aliphatic heterocycles. The zero-order valence-electron chi connectivity index (χ0n) is 13.4. The number of benzene rings is 2. The summed E-state index contributed by atoms with van der Waals surface area (Å²) in [7, 11) is 0. The maximum Gasteiger partial charge on any atom is 0.246 e. The molecule has 0 fully saturated rings. The van der Waals surface area contributed by atoms with E-state index in [1.807, 2.05) is 62.4 Å². The molecule has 1 N–H and O–H groups in total. The fourth-order valence-electron chi connectivity index (χ4n) is 2.49. The summed E-state index contributed by atoms with van der Waals surface area (Å²) in [6.07, 6.45) is 0. The van der Waals surface area contributed by atoms with Crippen molar-refractivity contribution >= 4 is 5.91 Å². The normalized spacial score (nSPS) is 10.7. The molecule has 5 nitrogen and oxygen atoms in total. The first kappa shape index (κ1) is 15.0. The zero-order valence-corrected chi connectivity index (χ0v) is 13.4. The topological polar surface area (TPSA) is 63.7 Å². The van der Waals surface area contributed by atoms with Gasteiger partial charge in [-0.2, -0.15) is 9.67 Å². The molecule has 0 atom stereocenters. The summed E-state index contributed by atoms with van der Waals surface area (Å²) in [6.45, 7) is 5.46. The molecular weight excluding hydrogens is 288 g/mol. The highest BCUT2D eigenvalue weighted by Gasteiger charge is 2.17. The summed E-state index contributed by atoms with van der Waals surface area (Å²) >= 11 is 0. The number of hydrogen-bond acceptors (Lipinski definition) is 3. The number of nitrogens with one attached hydrogen (secondary N) is 1. The monoisotopic (exact) mass is 306 g/mol. The van der Waals surface area contributed by atoms with E-state index in [1.165, 1.54) is 11.6 Å². The van der Waals surface area contributed by atoms with E-state index in [9.17, 15) is 4.79 Å². The molecule has 116 valence electrons. The van der Waals surface area contributed by atoms with E-state index in [0.29, 0.717) is 5.82 Å². The lowest BCUT2D eigenvalue weighted by molar-refractivity contribution is 0.0906. The molecule has 0 amide bonds. The molecule has 2 aromatic carbocycles. The Bertz CT molecular complexity index is 915. The van der Waals surface area contributed by atoms with Crippen molar-refractivity contribution in [2.75, 3.05) is 0 Å². The molecule has 3 rings (SSSR count). The Balaban J connectivity index is 2.30. The Kier molecular flexibility index (Phi) is 3.70. The minimum atomic E-state index is -0.249. The first-order valence-corrected chi connectivity index (χ1v) is 7.39. The largest absolute Gasteiger partial charge is 0.273 e. The van der Waals surface area contributed by atoms with Crippen molar-refractivity contribution < 1.29 is 4.79 Å². The number of carbonyl (C=O) groups excluding carboxylic acids is 1. The predicted octanol–water partition coefficient (Wildman–Crippen LogP) is 3.10. The van der Waals surface area contributed by atoms with Gasteiger partial charge in [-0.3, -0.25) is 10.2 Å². The van der Waals surface area contributed by atoms with Gasteiger partial charge in [0, 0.05) is 12.5 Å². The molecule has 0 bridgehead atoms. The van der Waals surface area contributed by atoms with Gasteiger partial charge in [-0.05, 0) is 26.0 Å². The van der Waals surface area contributed by atoms with Crippen LogP contribution < -0.4 is 5.62 Å². The van der Waals surface area contributed by atoms with Crippen LogP contribution in [-0.2, 0) is 0 Å². The third-order valence-corrected chi connectivity index (χ3v) is 3.70. The van der Waals surface area contributed by atoms with E-state index in [4.69, 9.17) is 5.41 Å². The van der Waals surface area contributed by atoms with Crippen LogP contribution >= 0.6 is 0 Å². The van der Waals surface area contributed by atoms with Crippen molar-refractivity contribution in [1.82, 2.24) is 14.3 Å². The second-order valence-electron chi connectivity index (χ2n) is 5.60. The quantitative estimate of drug-likeness (QED) is 0.790. The van der Waals surface area contributed by atoms with Gasteiger partial charge in [-0.1, -0.05) is 47.5 Å². The maximum atomic E-state index is 12.0. The molecular formula is C18H18N4O. The van der Waals surface area contributed by atoms with Crippen molar-refractivity contribution in [1.29, 1.82) is 5.41 Å². The van der Waals surface area contributed by atoms with E-state index < -0.39 is 0 Å². The Labute approximate surface area is 134 Å². The molecule has 3 aromatic rings. The van der Waals surface area contributed by atoms with Gasteiger partial charge in [0.25, 0.3) is 0 Å². The maximum absolute atomic E-state index is 12.0. The van der Waals surface area contributed by atoms with E-state index in [1.54, 1.807) is 4.68 Å². The van der Waals surface area contributed by atoms with E-state index in [-0.39, 0.29) is 11.5 Å². The van der Waals surface area contributed by atoms with E-state index in [2.05, 4.69) is 4.98 Å². The van der Waals surface area contributed by atoms with Crippen LogP contribution in [0, 0.1) is 19.3 Å². The summed E-state index contributed by atoms with van der Waals surface area (Å²) in [6, 6.07) is 15.7. The van der Waals surface area contributed by atoms with Crippen LogP contribution in [0.25, 0.3) is 17.1 Å². The third-order valence-electron chi connectivity index (χ3n) is 3.70. The second kappa shape index (κ2) is 5.68. The first-order valence-electron chi connectivity index (χ1n) is 7.39. The fraction of sp³-hybridized carbons (Fsp3) is 0.167. The van der Waals surface area contributed by atoms with Gasteiger partial charge in [0.15, 0.2) is 5.82 Å². The van der Waals surface area contributed by atoms with Crippen LogP contribution in [0.4, 0.5) is 0 Å². The van der Waals surface area contributed by atoms with Crippen molar-refractivity contribution in [2.24, 2.45) is 0 Å². The van der Waals surface area contributed by atoms with Crippen LogP contribution in [0.15, 0.2) is 48.5 Å². The molecule has 0 spiro atoms. The number of rotatable bonds is 2. The number of carbonyl (C=O) groups is 1. The SMILES string of the molecule is CC(=O)n1c(=N)nc(-c2ccc(C)cc2)n1-c1ccc(C)cc1. The van der Waals surface area contributed by atoms with Crippen molar-refractivity contribution in [3.63, 3.8) is 0 Å². The summed E-state index contributed by atoms with van der Waals surface area (Å²) < 4.78 is 2.97. The third kappa shape index (κ3) is 2.73. The van der Waals surface area contributed by atoms with E-state index in [0.717, 1.165) is 22.4 Å². The standard InChI is InChI=1S/C18H18N4O/c1-12-4-8-15(9-5-12)17-20-18(19)21(14(3)23)22(17)16-10-6-13(2)7-11-16/h4-11,19H,1-3H3. The Morgan fingerprint density at radius 1 is 0.957 bits per heavy atom. The highest BCUT2D eigenvalue weighted by Crippen LogP contribution is 2.21. The Hall–Kier alpha value is -2.95. The molecule has 0 saturated heterocycles. The Morgan fingerprint density at radius 3 is 2.00 bits per heavy atom. The number of aromatic nitrogens is 3. The summed E-state index contributed by atoms with van der Waals surface area (Å²) in [4.78, 5) is 16.3. The predicted molar refractivity (Wildman–Crippen MR) is 88.6 cm³/mol. The molecule has 0 aliphatic carbocycles. The van der Waals surface area contributed by atoms with Crippen LogP contribution in [0.5, 0.6) is 0 Å². The lowest BCUT2D eigenvalue weighted by atomic mass is 10.1. The number of aryl methyl sites for hydroxylation is 2. The van der Waals surface area contributed by atoms with Gasteiger partial charge in [0.05, 0.1) is 5.69 Å². The molecule has 1 heterocycles. The summed E-state index contributed by atoms with van der Waals surface area (Å²) in [5, 5.41) is 8.06. The summed E-state index contributed by atoms with van der Waals surface area (Å²) in [5.41, 5.74) is 3.87. The Morgan fingerprint density at radius 2 is 1.48 bits per heavy atom. The molecule has 0 radical (unpaired) electrons. The highest BCUT2D eigenvalue weighted by molar-refractivity contribution is 5.76. The second-order valence-corrected chi connectivity index (χ2v) is 5.60. The minimum Gasteiger partial charge on any atom is -0.273 e. The molecule has 5 heteroatoms. The van der Waals surface area contributed by atoms with Crippen LogP contribution in [-0.4, -0.2) is 20.3 Å². The van der Waals surface area contributed by atoms with Crippen molar-refractivity contribution in [3.8, 4) is 17.1 Å². The van der Waals surface area contributed by atoms with Gasteiger partial charge in [-0.25, -0.2) is 4.68 Å². The van der Waals surface area contributed by atoms with Crippen LogP contribution in [0.2, 0.25) is 0 Å². The molecule has 0 aliphatic rings. The molecule has 0 unspecified atom stereocenters. The lowest BCUT2D eigenvalue weighted by Crippen LogP contribution is -2.28. The zero-order chi connectivity index (χ0) is 16.6. The van der Waals surface area contributed by atoms with Gasteiger partial charge in [0.1, 0.15) is 0 Å². The number of hydrogen-bond donors (Lipinski definition) is 1. The average Bonchev–Trinajstić information content (AvgIpc) is 2.86. The minimum absolute atomic E-state index is 0.0753. The number of nitrogens with zero attached hydrogens (tertiary/aromatic N) is 3. The highest BCUT2D eigenvalue weighted by atomic mass is 16.2. The van der Waals surface area contributed by atoms with Gasteiger partial charge in [-0.15, -0.1) is 0 Å². The van der Waals surface area contributed by atoms with E-state index >= 15 is 0 Å². The fourth-order valence-corrected chi connectivity index (χ4v) is 2.49. The average molecular weight is 306 g/mol. The van der Waals surface area contributed by atoms with Crippen molar-refractivity contribution in [3.05, 3.63) is 65.3 Å². The van der Waals surface area contributed by atoms with Gasteiger partial charge >= 0.3 is 0 Å². The van der Waals surface area contributed by atoms with Gasteiger partial charge < -0.3 is 0 Å². The molecule has 1 aromatic heterocycles. The van der Waals surface area contributed by atoms with Crippen molar-refractivity contribution in [2.45, 2.75) is 20.8 Å². The summed E-state index contributed by atoms with van der Waals surface area (Å²) in [5.74, 6) is 0.329. The van der Waals surface area contributed by atoms with Crippen LogP contribution in [0.3, 0.4) is 0 Å². The lowest BCUT2D eigenvalue weighted by Gasteiger charge is -2.12. The molecule has 23 heavy (non-hydrogen) atoms. The molecule has 0 saturated carbocycles. The first-order chi connectivity index (χ1) is 11.0. The van der Waals surface area contributed by atoms with Gasteiger partial charge in [0.2, 0.25) is 11.5 Å². The smallest absolute Gasteiger partial charge is 0.246 e.